The van der Waals surface area contributed by atoms with Crippen LogP contribution in [0.1, 0.15) is 63.6 Å². The number of aromatic nitrogens is 1. The molecule has 3 N–H and O–H groups in total. The summed E-state index contributed by atoms with van der Waals surface area (Å²) in [5, 5.41) is 10.5. The van der Waals surface area contributed by atoms with Crippen LogP contribution in [0, 0.1) is 5.41 Å². The molecule has 1 aromatic rings. The van der Waals surface area contributed by atoms with Crippen molar-refractivity contribution in [2.75, 3.05) is 18.8 Å². The van der Waals surface area contributed by atoms with E-state index in [0.717, 1.165) is 70.3 Å². The minimum Gasteiger partial charge on any atom is -0.390 e. The SMILES string of the molecule is C[C@@H]1CN(Cc2cc(N)nc(CC34CCC(O)(CC3)CC4)c2)C[C@H](C)O1. The molecule has 0 aromatic carbocycles. The highest BCUT2D eigenvalue weighted by molar-refractivity contribution is 5.35. The number of rotatable bonds is 4. The van der Waals surface area contributed by atoms with Crippen molar-refractivity contribution in [2.24, 2.45) is 5.41 Å². The first-order valence-corrected chi connectivity index (χ1v) is 10.2. The van der Waals surface area contributed by atoms with Gasteiger partial charge < -0.3 is 15.6 Å². The molecule has 1 aliphatic heterocycles. The second-order valence-electron chi connectivity index (χ2n) is 9.24. The first-order valence-electron chi connectivity index (χ1n) is 10.2. The third-order valence-electron chi connectivity index (χ3n) is 6.78. The van der Waals surface area contributed by atoms with E-state index < -0.39 is 0 Å². The number of ether oxygens (including phenoxy) is 1. The summed E-state index contributed by atoms with van der Waals surface area (Å²) in [6.45, 7) is 7.11. The van der Waals surface area contributed by atoms with Crippen molar-refractivity contribution in [3.05, 3.63) is 23.4 Å². The molecule has 144 valence electrons. The molecule has 3 aliphatic carbocycles. The van der Waals surface area contributed by atoms with Gasteiger partial charge in [-0.15, -0.1) is 0 Å². The second-order valence-corrected chi connectivity index (χ2v) is 9.24. The fourth-order valence-electron chi connectivity index (χ4n) is 5.42. The molecule has 26 heavy (non-hydrogen) atoms. The lowest BCUT2D eigenvalue weighted by atomic mass is 9.57. The van der Waals surface area contributed by atoms with Gasteiger partial charge in [-0.05, 0) is 81.9 Å². The molecule has 4 aliphatic rings. The highest BCUT2D eigenvalue weighted by atomic mass is 16.5. The van der Waals surface area contributed by atoms with E-state index in [1.165, 1.54) is 5.56 Å². The number of fused-ring (bicyclic) bond motifs is 3. The molecule has 1 aromatic heterocycles. The molecule has 5 rings (SSSR count). The minimum atomic E-state index is -0.375. The number of aliphatic hydroxyl groups is 1. The number of anilines is 1. The van der Waals surface area contributed by atoms with Gasteiger partial charge in [0.1, 0.15) is 5.82 Å². The van der Waals surface area contributed by atoms with E-state index in [9.17, 15) is 5.11 Å². The van der Waals surface area contributed by atoms with E-state index in [2.05, 4.69) is 29.8 Å². The Labute approximate surface area is 156 Å². The van der Waals surface area contributed by atoms with Crippen molar-refractivity contribution in [1.29, 1.82) is 0 Å². The predicted octanol–water partition coefficient (Wildman–Crippen LogP) is 2.90. The number of nitrogens with two attached hydrogens (primary N) is 1. The molecule has 1 saturated heterocycles. The summed E-state index contributed by atoms with van der Waals surface area (Å²) in [6, 6.07) is 4.28. The average molecular weight is 360 g/mol. The highest BCUT2D eigenvalue weighted by Gasteiger charge is 2.47. The predicted molar refractivity (Wildman–Crippen MR) is 103 cm³/mol. The lowest BCUT2D eigenvalue weighted by Gasteiger charge is -2.51. The van der Waals surface area contributed by atoms with Gasteiger partial charge in [0.05, 0.1) is 17.8 Å². The molecule has 2 heterocycles. The van der Waals surface area contributed by atoms with Crippen LogP contribution in [0.4, 0.5) is 5.82 Å². The average Bonchev–Trinajstić information content (AvgIpc) is 2.55. The quantitative estimate of drug-likeness (QED) is 0.865. The van der Waals surface area contributed by atoms with Crippen molar-refractivity contribution < 1.29 is 9.84 Å². The van der Waals surface area contributed by atoms with E-state index in [1.807, 2.05) is 6.07 Å². The normalized spacial score (nSPS) is 37.8. The zero-order valence-electron chi connectivity index (χ0n) is 16.2. The van der Waals surface area contributed by atoms with Crippen LogP contribution in [-0.2, 0) is 17.7 Å². The molecule has 2 atom stereocenters. The van der Waals surface area contributed by atoms with E-state index in [4.69, 9.17) is 10.5 Å². The molecule has 0 spiro atoms. The Kier molecular flexibility index (Phi) is 4.74. The summed E-state index contributed by atoms with van der Waals surface area (Å²) < 4.78 is 5.84. The highest BCUT2D eigenvalue weighted by Crippen LogP contribution is 2.53. The third kappa shape index (κ3) is 3.90. The Morgan fingerprint density at radius 1 is 1.12 bits per heavy atom. The lowest BCUT2D eigenvalue weighted by Crippen LogP contribution is -2.46. The summed E-state index contributed by atoms with van der Waals surface area (Å²) in [6.07, 6.45) is 7.76. The summed E-state index contributed by atoms with van der Waals surface area (Å²) in [5.41, 5.74) is 8.48. The summed E-state index contributed by atoms with van der Waals surface area (Å²) >= 11 is 0. The Balaban J connectivity index is 1.46. The monoisotopic (exact) mass is 359 g/mol. The molecule has 5 nitrogen and oxygen atoms in total. The van der Waals surface area contributed by atoms with E-state index >= 15 is 0 Å². The van der Waals surface area contributed by atoms with Gasteiger partial charge in [0.25, 0.3) is 0 Å². The van der Waals surface area contributed by atoms with Crippen LogP contribution in [0.3, 0.4) is 0 Å². The molecule has 0 unspecified atom stereocenters. The van der Waals surface area contributed by atoms with Crippen molar-refractivity contribution >= 4 is 5.82 Å². The number of nitrogens with zero attached hydrogens (tertiary/aromatic N) is 2. The van der Waals surface area contributed by atoms with Crippen LogP contribution in [0.25, 0.3) is 0 Å². The number of hydrogen-bond donors (Lipinski definition) is 2. The van der Waals surface area contributed by atoms with Crippen LogP contribution in [0.15, 0.2) is 12.1 Å². The smallest absolute Gasteiger partial charge is 0.123 e. The zero-order valence-corrected chi connectivity index (χ0v) is 16.2. The third-order valence-corrected chi connectivity index (χ3v) is 6.78. The second kappa shape index (κ2) is 6.77. The van der Waals surface area contributed by atoms with Crippen molar-refractivity contribution in [3.8, 4) is 0 Å². The fraction of sp³-hybridized carbons (Fsp3) is 0.762. The van der Waals surface area contributed by atoms with Gasteiger partial charge in [0, 0.05) is 25.3 Å². The maximum absolute atomic E-state index is 10.5. The van der Waals surface area contributed by atoms with Crippen LogP contribution < -0.4 is 5.73 Å². The first-order chi connectivity index (χ1) is 12.3. The summed E-state index contributed by atoms with van der Waals surface area (Å²) in [4.78, 5) is 7.11. The number of hydrogen-bond acceptors (Lipinski definition) is 5. The van der Waals surface area contributed by atoms with Crippen LogP contribution in [0.2, 0.25) is 0 Å². The Morgan fingerprint density at radius 3 is 2.35 bits per heavy atom. The Bertz CT molecular complexity index is 628. The van der Waals surface area contributed by atoms with E-state index in [1.54, 1.807) is 0 Å². The maximum Gasteiger partial charge on any atom is 0.123 e. The number of nitrogen functional groups attached to an aromatic ring is 1. The van der Waals surface area contributed by atoms with Gasteiger partial charge in [-0.25, -0.2) is 4.98 Å². The van der Waals surface area contributed by atoms with Gasteiger partial charge in [0.2, 0.25) is 0 Å². The van der Waals surface area contributed by atoms with Crippen molar-refractivity contribution in [2.45, 2.75) is 83.1 Å². The molecular weight excluding hydrogens is 326 g/mol. The molecule has 4 fully saturated rings. The largest absolute Gasteiger partial charge is 0.390 e. The van der Waals surface area contributed by atoms with Crippen LogP contribution in [-0.4, -0.2) is 45.9 Å². The minimum absolute atomic E-state index is 0.277. The number of morpholine rings is 1. The van der Waals surface area contributed by atoms with Crippen LogP contribution >= 0.6 is 0 Å². The first kappa shape index (κ1) is 18.2. The molecule has 5 heteroatoms. The van der Waals surface area contributed by atoms with E-state index in [-0.39, 0.29) is 17.8 Å². The van der Waals surface area contributed by atoms with Crippen molar-refractivity contribution in [3.63, 3.8) is 0 Å². The van der Waals surface area contributed by atoms with Gasteiger partial charge in [-0.2, -0.15) is 0 Å². The van der Waals surface area contributed by atoms with Gasteiger partial charge in [-0.1, -0.05) is 0 Å². The molecule has 2 bridgehead atoms. The maximum atomic E-state index is 10.5. The van der Waals surface area contributed by atoms with Crippen molar-refractivity contribution in [1.82, 2.24) is 9.88 Å². The van der Waals surface area contributed by atoms with Gasteiger partial charge >= 0.3 is 0 Å². The Morgan fingerprint density at radius 2 is 1.73 bits per heavy atom. The van der Waals surface area contributed by atoms with E-state index in [0.29, 0.717) is 11.2 Å². The van der Waals surface area contributed by atoms with Crippen LogP contribution in [0.5, 0.6) is 0 Å². The summed E-state index contributed by atoms with van der Waals surface area (Å²) in [5.74, 6) is 0.631. The molecular formula is C21H33N3O2. The van der Waals surface area contributed by atoms with Gasteiger partial charge in [-0.3, -0.25) is 4.90 Å². The fourth-order valence-corrected chi connectivity index (χ4v) is 5.42. The molecule has 3 saturated carbocycles. The standard InChI is InChI=1S/C21H33N3O2/c1-15-12-24(13-16(2)26-15)14-17-9-18(23-19(22)10-17)11-20-3-6-21(25,7-4-20)8-5-20/h9-10,15-16,25H,3-8,11-14H2,1-2H3,(H2,22,23)/t15-,16+,20?,21?. The number of pyridine rings is 1. The summed E-state index contributed by atoms with van der Waals surface area (Å²) in [7, 11) is 0. The Hall–Kier alpha value is -1.17. The lowest BCUT2D eigenvalue weighted by molar-refractivity contribution is -0.0917. The topological polar surface area (TPSA) is 71.6 Å². The molecule has 0 amide bonds. The zero-order chi connectivity index (χ0) is 18.4. The molecule has 0 radical (unpaired) electrons. The van der Waals surface area contributed by atoms with Gasteiger partial charge in [0.15, 0.2) is 0 Å².